The second-order valence-electron chi connectivity index (χ2n) is 3.40. The molecule has 0 unspecified atom stereocenters. The zero-order valence-electron chi connectivity index (χ0n) is 8.47. The van der Waals surface area contributed by atoms with E-state index < -0.39 is 0 Å². The van der Waals surface area contributed by atoms with Crippen LogP contribution >= 0.6 is 22.7 Å². The van der Waals surface area contributed by atoms with E-state index in [1.807, 2.05) is 29.8 Å². The van der Waals surface area contributed by atoms with Crippen LogP contribution in [0.1, 0.15) is 15.3 Å². The van der Waals surface area contributed by atoms with Gasteiger partial charge in [-0.3, -0.25) is 0 Å². The number of hydroxylamine groups is 2. The molecule has 2 nitrogen and oxygen atoms in total. The Labute approximate surface area is 97.4 Å². The zero-order chi connectivity index (χ0) is 10.7. The molecule has 0 radical (unpaired) electrons. The topological polar surface area (TPSA) is 26.3 Å². The van der Waals surface area contributed by atoms with E-state index in [0.29, 0.717) is 13.1 Å². The third-order valence-corrected chi connectivity index (χ3v) is 4.07. The van der Waals surface area contributed by atoms with Crippen molar-refractivity contribution in [3.8, 4) is 0 Å². The minimum Gasteiger partial charge on any atom is -0.785 e. The summed E-state index contributed by atoms with van der Waals surface area (Å²) in [4.78, 5) is 2.29. The van der Waals surface area contributed by atoms with Gasteiger partial charge in [-0.1, -0.05) is 6.07 Å². The minimum atomic E-state index is 0.495. The summed E-state index contributed by atoms with van der Waals surface area (Å²) in [7, 11) is 0. The summed E-state index contributed by atoms with van der Waals surface area (Å²) in [6.45, 7) is 3.04. The molecule has 2 heterocycles. The van der Waals surface area contributed by atoms with E-state index in [0.717, 1.165) is 9.94 Å². The lowest BCUT2D eigenvalue weighted by molar-refractivity contribution is 0.370. The Hall–Kier alpha value is -0.680. The van der Waals surface area contributed by atoms with E-state index in [1.165, 1.54) is 10.4 Å². The largest absolute Gasteiger partial charge is 0.785 e. The number of hydrogen-bond donors (Lipinski definition) is 0. The van der Waals surface area contributed by atoms with Gasteiger partial charge in [0, 0.05) is 22.8 Å². The van der Waals surface area contributed by atoms with E-state index in [2.05, 4.69) is 6.07 Å². The predicted molar refractivity (Wildman–Crippen MR) is 66.0 cm³/mol. The van der Waals surface area contributed by atoms with Crippen molar-refractivity contribution in [1.82, 2.24) is 5.06 Å². The molecule has 0 saturated carbocycles. The average Bonchev–Trinajstić information content (AvgIpc) is 2.79. The van der Waals surface area contributed by atoms with E-state index >= 15 is 0 Å². The summed E-state index contributed by atoms with van der Waals surface area (Å²) in [6.07, 6.45) is 0. The third kappa shape index (κ3) is 2.89. The fourth-order valence-corrected chi connectivity index (χ4v) is 2.97. The van der Waals surface area contributed by atoms with Crippen molar-refractivity contribution in [3.63, 3.8) is 0 Å². The van der Waals surface area contributed by atoms with Crippen LogP contribution in [0.4, 0.5) is 0 Å². The van der Waals surface area contributed by atoms with Crippen molar-refractivity contribution in [3.05, 3.63) is 49.5 Å². The van der Waals surface area contributed by atoms with Gasteiger partial charge in [-0.25, -0.2) is 0 Å². The first-order valence-electron chi connectivity index (χ1n) is 4.73. The van der Waals surface area contributed by atoms with Crippen LogP contribution in [-0.2, 0) is 13.1 Å². The lowest BCUT2D eigenvalue weighted by Crippen LogP contribution is -2.14. The monoisotopic (exact) mass is 238 g/mol. The van der Waals surface area contributed by atoms with E-state index in [4.69, 9.17) is 0 Å². The molecule has 2 aromatic rings. The molecular formula is C11H12NOS2-. The van der Waals surface area contributed by atoms with Gasteiger partial charge in [0.15, 0.2) is 0 Å². The molecule has 0 amide bonds. The highest BCUT2D eigenvalue weighted by atomic mass is 32.1. The van der Waals surface area contributed by atoms with Crippen LogP contribution in [0, 0.1) is 12.1 Å². The summed E-state index contributed by atoms with van der Waals surface area (Å²) in [6, 6.07) is 6.03. The van der Waals surface area contributed by atoms with Crippen molar-refractivity contribution >= 4 is 22.7 Å². The van der Waals surface area contributed by atoms with Gasteiger partial charge in [-0.15, -0.1) is 22.7 Å². The quantitative estimate of drug-likeness (QED) is 0.760. The van der Waals surface area contributed by atoms with Crippen LogP contribution in [0.25, 0.3) is 0 Å². The highest BCUT2D eigenvalue weighted by molar-refractivity contribution is 7.10. The molecule has 0 spiro atoms. The van der Waals surface area contributed by atoms with Crippen LogP contribution in [0.5, 0.6) is 0 Å². The van der Waals surface area contributed by atoms with Gasteiger partial charge in [0.25, 0.3) is 0 Å². The highest BCUT2D eigenvalue weighted by Crippen LogP contribution is 2.19. The molecule has 0 saturated heterocycles. The van der Waals surface area contributed by atoms with E-state index in [9.17, 15) is 5.21 Å². The molecule has 0 fully saturated rings. The second kappa shape index (κ2) is 4.90. The molecule has 0 aliphatic heterocycles. The summed E-state index contributed by atoms with van der Waals surface area (Å²) < 4.78 is 0. The van der Waals surface area contributed by atoms with Gasteiger partial charge >= 0.3 is 0 Å². The Morgan fingerprint density at radius 1 is 1.20 bits per heavy atom. The lowest BCUT2D eigenvalue weighted by atomic mass is 10.3. The maximum Gasteiger partial charge on any atom is 0.0215 e. The van der Waals surface area contributed by atoms with Crippen molar-refractivity contribution < 1.29 is 0 Å². The van der Waals surface area contributed by atoms with Crippen LogP contribution in [0.3, 0.4) is 0 Å². The molecule has 80 valence electrons. The maximum atomic E-state index is 11.7. The maximum absolute atomic E-state index is 11.7. The average molecular weight is 238 g/mol. The van der Waals surface area contributed by atoms with Gasteiger partial charge in [0.1, 0.15) is 0 Å². The normalized spacial score (nSPS) is 11.1. The number of rotatable bonds is 4. The van der Waals surface area contributed by atoms with Crippen LogP contribution in [0.15, 0.2) is 29.0 Å². The summed E-state index contributed by atoms with van der Waals surface area (Å²) in [5, 5.41) is 16.8. The Balaban J connectivity index is 1.93. The molecule has 2 rings (SSSR count). The van der Waals surface area contributed by atoms with Gasteiger partial charge in [0.2, 0.25) is 0 Å². The Morgan fingerprint density at radius 2 is 2.07 bits per heavy atom. The molecule has 0 N–H and O–H groups in total. The fourth-order valence-electron chi connectivity index (χ4n) is 1.36. The van der Waals surface area contributed by atoms with Crippen molar-refractivity contribution in [1.29, 1.82) is 0 Å². The predicted octanol–water partition coefficient (Wildman–Crippen LogP) is 3.62. The standard InChI is InChI=1S/C11H12NOS2/c1-9-4-6-15-11(9)8-12(13)7-10-3-2-5-14-10/h2-6H,7-8H2,1H3/q-1. The number of thiophene rings is 2. The number of aryl methyl sites for hydroxylation is 1. The van der Waals surface area contributed by atoms with Gasteiger partial charge < -0.3 is 10.3 Å². The first-order chi connectivity index (χ1) is 7.25. The number of nitrogens with zero attached hydrogens (tertiary/aromatic N) is 1. The Kier molecular flexibility index (Phi) is 3.53. The summed E-state index contributed by atoms with van der Waals surface area (Å²) in [5.74, 6) is 0. The van der Waals surface area contributed by atoms with E-state index in [1.54, 1.807) is 22.7 Å². The van der Waals surface area contributed by atoms with Gasteiger partial charge in [-0.2, -0.15) is 0 Å². The summed E-state index contributed by atoms with van der Waals surface area (Å²) >= 11 is 3.28. The lowest BCUT2D eigenvalue weighted by Gasteiger charge is -2.27. The first kappa shape index (κ1) is 10.8. The molecule has 0 bridgehead atoms. The second-order valence-corrected chi connectivity index (χ2v) is 5.44. The van der Waals surface area contributed by atoms with Crippen molar-refractivity contribution in [2.45, 2.75) is 20.0 Å². The highest BCUT2D eigenvalue weighted by Gasteiger charge is 2.01. The third-order valence-electron chi connectivity index (χ3n) is 2.20. The minimum absolute atomic E-state index is 0.495. The van der Waals surface area contributed by atoms with Crippen LogP contribution in [0.2, 0.25) is 0 Å². The van der Waals surface area contributed by atoms with Gasteiger partial charge in [0.05, 0.1) is 0 Å². The van der Waals surface area contributed by atoms with E-state index in [-0.39, 0.29) is 0 Å². The molecule has 4 heteroatoms. The zero-order valence-corrected chi connectivity index (χ0v) is 10.1. The van der Waals surface area contributed by atoms with Crippen molar-refractivity contribution in [2.75, 3.05) is 0 Å². The molecule has 2 aromatic heterocycles. The smallest absolute Gasteiger partial charge is 0.0215 e. The number of hydrogen-bond acceptors (Lipinski definition) is 4. The molecular weight excluding hydrogens is 226 g/mol. The Morgan fingerprint density at radius 3 is 2.67 bits per heavy atom. The van der Waals surface area contributed by atoms with Crippen molar-refractivity contribution in [2.24, 2.45) is 0 Å². The molecule has 15 heavy (non-hydrogen) atoms. The van der Waals surface area contributed by atoms with Crippen LogP contribution < -0.4 is 0 Å². The molecule has 0 aliphatic carbocycles. The first-order valence-corrected chi connectivity index (χ1v) is 6.49. The molecule has 0 atom stereocenters. The Bertz CT molecular complexity index is 408. The van der Waals surface area contributed by atoms with Crippen LogP contribution in [-0.4, -0.2) is 5.06 Å². The fraction of sp³-hybridized carbons (Fsp3) is 0.273. The summed E-state index contributed by atoms with van der Waals surface area (Å²) in [5.41, 5.74) is 1.21. The SMILES string of the molecule is Cc1ccsc1CN([O-])Cc1cccs1. The molecule has 0 aromatic carbocycles. The molecule has 0 aliphatic rings. The van der Waals surface area contributed by atoms with Gasteiger partial charge in [-0.05, 0) is 35.4 Å².